The van der Waals surface area contributed by atoms with Gasteiger partial charge in [-0.1, -0.05) is 11.6 Å². The number of alkyl halides is 3. The fourth-order valence-electron chi connectivity index (χ4n) is 4.39. The molecule has 3 N–H and O–H groups in total. The van der Waals surface area contributed by atoms with Crippen LogP contribution >= 0.6 is 11.6 Å². The molecular weight excluding hydrogens is 558 g/mol. The van der Waals surface area contributed by atoms with Crippen LogP contribution in [0.15, 0.2) is 35.3 Å². The second-order valence-corrected chi connectivity index (χ2v) is 10.1. The van der Waals surface area contributed by atoms with Gasteiger partial charge in [0.15, 0.2) is 6.23 Å². The van der Waals surface area contributed by atoms with Crippen molar-refractivity contribution in [2.24, 2.45) is 5.92 Å². The van der Waals surface area contributed by atoms with Gasteiger partial charge in [-0.15, -0.1) is 0 Å². The van der Waals surface area contributed by atoms with Gasteiger partial charge in [0.05, 0.1) is 11.6 Å². The fraction of sp³-hybridized carbons (Fsp3) is 0.440. The quantitative estimate of drug-likeness (QED) is 0.228. The van der Waals surface area contributed by atoms with Crippen LogP contribution in [-0.2, 0) is 6.54 Å². The SMILES string of the molecule is O=c1[nH]nnn1C1=C(c2nn(CC3CC3)cc2Cl)C=C(c2ccc(OCCCCCC(F)(F)F)cc2F)NC1O. The number of aliphatic hydroxyl groups excluding tert-OH is 1. The third kappa shape index (κ3) is 6.55. The van der Waals surface area contributed by atoms with Gasteiger partial charge in [0, 0.05) is 42.1 Å². The number of aliphatic hydroxyl groups is 1. The summed E-state index contributed by atoms with van der Waals surface area (Å²) in [5, 5.41) is 28.0. The highest BCUT2D eigenvalue weighted by Gasteiger charge is 2.31. The fourth-order valence-corrected chi connectivity index (χ4v) is 4.64. The molecule has 214 valence electrons. The van der Waals surface area contributed by atoms with E-state index in [0.717, 1.165) is 23.6 Å². The number of ether oxygens (including phenoxy) is 1. The number of hydrogen-bond donors (Lipinski definition) is 3. The normalized spacial score (nSPS) is 17.6. The van der Waals surface area contributed by atoms with E-state index in [-0.39, 0.29) is 52.0 Å². The molecule has 1 aliphatic heterocycles. The maximum atomic E-state index is 15.2. The average Bonchev–Trinajstić information content (AvgIpc) is 3.48. The minimum Gasteiger partial charge on any atom is -0.493 e. The number of allylic oxidation sites excluding steroid dienone is 2. The van der Waals surface area contributed by atoms with E-state index in [4.69, 9.17) is 16.3 Å². The number of unbranched alkanes of at least 4 members (excludes halogenated alkanes) is 2. The summed E-state index contributed by atoms with van der Waals surface area (Å²) in [6.45, 7) is 0.809. The number of aromatic amines is 1. The van der Waals surface area contributed by atoms with Crippen molar-refractivity contribution in [2.75, 3.05) is 6.61 Å². The molecule has 1 atom stereocenters. The highest BCUT2D eigenvalue weighted by molar-refractivity contribution is 6.32. The highest BCUT2D eigenvalue weighted by atomic mass is 35.5. The van der Waals surface area contributed by atoms with E-state index < -0.39 is 30.3 Å². The van der Waals surface area contributed by atoms with Gasteiger partial charge in [0.2, 0.25) is 0 Å². The number of benzene rings is 1. The zero-order valence-corrected chi connectivity index (χ0v) is 21.8. The molecule has 0 radical (unpaired) electrons. The Balaban J connectivity index is 1.39. The van der Waals surface area contributed by atoms with E-state index in [9.17, 15) is 23.1 Å². The van der Waals surface area contributed by atoms with Gasteiger partial charge in [0.1, 0.15) is 23.0 Å². The van der Waals surface area contributed by atoms with E-state index in [1.165, 1.54) is 18.2 Å². The minimum absolute atomic E-state index is 0.00342. The van der Waals surface area contributed by atoms with Crippen LogP contribution in [0.25, 0.3) is 17.0 Å². The van der Waals surface area contributed by atoms with Gasteiger partial charge in [-0.25, -0.2) is 14.3 Å². The Bertz CT molecular complexity index is 1490. The first-order valence-electron chi connectivity index (χ1n) is 12.7. The molecule has 0 bridgehead atoms. The van der Waals surface area contributed by atoms with E-state index in [1.54, 1.807) is 10.9 Å². The Hall–Kier alpha value is -3.65. The van der Waals surface area contributed by atoms with Crippen molar-refractivity contribution >= 4 is 28.6 Å². The molecule has 15 heteroatoms. The Morgan fingerprint density at radius 1 is 1.20 bits per heavy atom. The van der Waals surface area contributed by atoms with Crippen LogP contribution in [0, 0.1) is 11.7 Å². The van der Waals surface area contributed by atoms with Crippen LogP contribution in [0.3, 0.4) is 0 Å². The van der Waals surface area contributed by atoms with Gasteiger partial charge in [-0.05, 0) is 66.7 Å². The molecule has 1 saturated carbocycles. The predicted octanol–water partition coefficient (Wildman–Crippen LogP) is 4.20. The van der Waals surface area contributed by atoms with Crippen LogP contribution in [-0.4, -0.2) is 54.1 Å². The number of dihydropyridines is 1. The number of hydrogen-bond acceptors (Lipinski definition) is 7. The number of aromatic nitrogens is 6. The summed E-state index contributed by atoms with van der Waals surface area (Å²) in [6, 6.07) is 4.11. The van der Waals surface area contributed by atoms with Crippen molar-refractivity contribution in [1.29, 1.82) is 0 Å². The van der Waals surface area contributed by atoms with Crippen LogP contribution < -0.4 is 15.7 Å². The van der Waals surface area contributed by atoms with Crippen molar-refractivity contribution in [3.8, 4) is 5.75 Å². The average molecular weight is 584 g/mol. The van der Waals surface area contributed by atoms with Crippen molar-refractivity contribution < 1.29 is 27.4 Å². The standard InChI is InChI=1S/C25H26ClF4N7O3/c26-18-13-36(12-14-4-5-14)33-21(18)17-11-20(31-23(38)22(17)37-24(39)32-34-35-37)16-7-6-15(10-19(16)27)40-9-3-1-2-8-25(28,29)30/h6-7,10-11,13-14,23,31,38H,1-5,8-9,12H2,(H,32,35,39). The smallest absolute Gasteiger partial charge is 0.389 e. The van der Waals surface area contributed by atoms with Gasteiger partial charge < -0.3 is 15.2 Å². The van der Waals surface area contributed by atoms with E-state index in [0.29, 0.717) is 25.3 Å². The number of H-pyrrole nitrogens is 1. The summed E-state index contributed by atoms with van der Waals surface area (Å²) in [5.41, 5.74) is 0.101. The number of rotatable bonds is 11. The lowest BCUT2D eigenvalue weighted by molar-refractivity contribution is -0.135. The molecule has 10 nitrogen and oxygen atoms in total. The van der Waals surface area contributed by atoms with Crippen molar-refractivity contribution in [3.63, 3.8) is 0 Å². The third-order valence-corrected chi connectivity index (χ3v) is 6.81. The lowest BCUT2D eigenvalue weighted by Crippen LogP contribution is -2.37. The summed E-state index contributed by atoms with van der Waals surface area (Å²) in [7, 11) is 0. The van der Waals surface area contributed by atoms with Crippen molar-refractivity contribution in [1.82, 2.24) is 35.3 Å². The first kappa shape index (κ1) is 27.9. The first-order valence-corrected chi connectivity index (χ1v) is 13.1. The predicted molar refractivity (Wildman–Crippen MR) is 137 cm³/mol. The van der Waals surface area contributed by atoms with Crippen molar-refractivity contribution in [3.05, 3.63) is 63.1 Å². The molecule has 1 fully saturated rings. The minimum atomic E-state index is -4.18. The molecule has 2 aliphatic rings. The van der Waals surface area contributed by atoms with Gasteiger partial charge in [-0.3, -0.25) is 4.68 Å². The van der Waals surface area contributed by atoms with Gasteiger partial charge in [-0.2, -0.15) is 23.0 Å². The second kappa shape index (κ2) is 11.5. The molecule has 1 unspecified atom stereocenters. The Morgan fingerprint density at radius 2 is 2.00 bits per heavy atom. The lowest BCUT2D eigenvalue weighted by atomic mass is 10.00. The molecule has 0 saturated heterocycles. The van der Waals surface area contributed by atoms with Gasteiger partial charge in [0.25, 0.3) is 0 Å². The topological polar surface area (TPSA) is 123 Å². The maximum Gasteiger partial charge on any atom is 0.389 e. The molecule has 5 rings (SSSR count). The molecule has 0 spiro atoms. The summed E-state index contributed by atoms with van der Waals surface area (Å²) >= 11 is 6.52. The van der Waals surface area contributed by atoms with Crippen molar-refractivity contribution in [2.45, 2.75) is 57.5 Å². The van der Waals surface area contributed by atoms with Crippen LogP contribution in [0.1, 0.15) is 49.8 Å². The Morgan fingerprint density at radius 3 is 2.67 bits per heavy atom. The second-order valence-electron chi connectivity index (χ2n) is 9.73. The Kier molecular flexibility index (Phi) is 7.99. The molecule has 3 aromatic rings. The zero-order valence-electron chi connectivity index (χ0n) is 21.1. The zero-order chi connectivity index (χ0) is 28.4. The summed E-state index contributed by atoms with van der Waals surface area (Å²) in [4.78, 5) is 12.3. The van der Waals surface area contributed by atoms with E-state index >= 15 is 4.39 Å². The summed E-state index contributed by atoms with van der Waals surface area (Å²) in [6.07, 6.45) is -0.445. The molecule has 0 amide bonds. The summed E-state index contributed by atoms with van der Waals surface area (Å²) in [5.74, 6) is 0.0450. The molecule has 40 heavy (non-hydrogen) atoms. The first-order chi connectivity index (χ1) is 19.1. The largest absolute Gasteiger partial charge is 0.493 e. The van der Waals surface area contributed by atoms with Gasteiger partial charge >= 0.3 is 11.9 Å². The van der Waals surface area contributed by atoms with E-state index in [1.807, 2.05) is 0 Å². The lowest BCUT2D eigenvalue weighted by Gasteiger charge is -2.26. The third-order valence-electron chi connectivity index (χ3n) is 6.53. The van der Waals surface area contributed by atoms with Crippen LogP contribution in [0.4, 0.5) is 17.6 Å². The molecule has 1 aromatic carbocycles. The van der Waals surface area contributed by atoms with Crippen LogP contribution in [0.5, 0.6) is 5.75 Å². The molecule has 1 aliphatic carbocycles. The number of tetrazole rings is 1. The number of halogens is 5. The van der Waals surface area contributed by atoms with E-state index in [2.05, 4.69) is 25.9 Å². The molecular formula is C25H26ClF4N7O3. The number of nitrogens with zero attached hydrogens (tertiary/aromatic N) is 5. The highest BCUT2D eigenvalue weighted by Crippen LogP contribution is 2.36. The Labute approximate surface area is 230 Å². The maximum absolute atomic E-state index is 15.2. The molecule has 3 heterocycles. The molecule has 2 aromatic heterocycles. The summed E-state index contributed by atoms with van der Waals surface area (Å²) < 4.78 is 60.0. The monoisotopic (exact) mass is 583 g/mol. The number of nitrogens with one attached hydrogen (secondary N) is 2. The van der Waals surface area contributed by atoms with Crippen LogP contribution in [0.2, 0.25) is 5.02 Å².